The second-order valence-electron chi connectivity index (χ2n) is 10.6. The Balaban J connectivity index is 1.64. The zero-order chi connectivity index (χ0) is 21.9. The van der Waals surface area contributed by atoms with Crippen molar-refractivity contribution in [1.82, 2.24) is 0 Å². The van der Waals surface area contributed by atoms with Crippen molar-refractivity contribution in [2.45, 2.75) is 82.6 Å². The molecule has 5 aliphatic rings. The summed E-state index contributed by atoms with van der Waals surface area (Å²) in [6.07, 6.45) is 3.69. The lowest BCUT2D eigenvalue weighted by atomic mass is 9.45. The maximum absolute atomic E-state index is 17.0. The zero-order valence-corrected chi connectivity index (χ0v) is 17.8. The Hall–Kier alpha value is -1.57. The van der Waals surface area contributed by atoms with Gasteiger partial charge in [0, 0.05) is 16.7 Å². The Bertz CT molecular complexity index is 909. The van der Waals surface area contributed by atoms with Crippen LogP contribution in [0.25, 0.3) is 0 Å². The fourth-order valence-electron chi connectivity index (χ4n) is 7.68. The molecule has 2 N–H and O–H groups in total. The standard InChI is InChI=1S/C23H29FO6/c1-19(2)29-17-10-15-14-6-5-12-9-13(25)7-8-20(12,3)22(14,24)16(26)11-21(15,4)23(17,30-19)18(27)28/h7-9,14-17,26H,5-6,10-11H2,1-4H3,(H,27,28)/t14-,15+,16+,17+,20-,21+,22-,23-/m0/s1. The molecular weight excluding hydrogens is 391 g/mol. The number of halogens is 1. The highest BCUT2D eigenvalue weighted by Crippen LogP contribution is 2.72. The van der Waals surface area contributed by atoms with Gasteiger partial charge in [-0.15, -0.1) is 0 Å². The number of ether oxygens (including phenoxy) is 2. The van der Waals surface area contributed by atoms with E-state index in [1.54, 1.807) is 26.8 Å². The number of ketones is 1. The number of carbonyl (C=O) groups is 2. The SMILES string of the molecule is CC1(C)O[C@@H]2C[C@@H]3[C@@H]4CCC5=CC(=O)C=C[C@]5(C)[C@@]4(F)[C@H](O)C[C@@]3(C)[C@]2(C(=O)O)O1. The Labute approximate surface area is 175 Å². The summed E-state index contributed by atoms with van der Waals surface area (Å²) < 4.78 is 29.1. The minimum absolute atomic E-state index is 0.0441. The Morgan fingerprint density at radius 1 is 1.23 bits per heavy atom. The number of carboxylic acid groups (broad SMARTS) is 1. The van der Waals surface area contributed by atoms with Crippen LogP contribution in [0.3, 0.4) is 0 Å². The van der Waals surface area contributed by atoms with Gasteiger partial charge in [-0.05, 0) is 64.5 Å². The van der Waals surface area contributed by atoms with Crippen LogP contribution >= 0.6 is 0 Å². The number of carboxylic acids is 1. The molecule has 0 aromatic carbocycles. The van der Waals surface area contributed by atoms with Crippen LogP contribution in [0.4, 0.5) is 4.39 Å². The van der Waals surface area contributed by atoms with Gasteiger partial charge in [-0.1, -0.05) is 18.6 Å². The van der Waals surface area contributed by atoms with Gasteiger partial charge in [-0.3, -0.25) is 4.79 Å². The predicted molar refractivity (Wildman–Crippen MR) is 104 cm³/mol. The fraction of sp³-hybridized carbons (Fsp3) is 0.739. The maximum atomic E-state index is 17.0. The summed E-state index contributed by atoms with van der Waals surface area (Å²) in [5.41, 5.74) is -5.00. The van der Waals surface area contributed by atoms with E-state index in [2.05, 4.69) is 0 Å². The van der Waals surface area contributed by atoms with Gasteiger partial charge in [0.1, 0.15) is 6.10 Å². The third kappa shape index (κ3) is 2.04. The van der Waals surface area contributed by atoms with Crippen molar-refractivity contribution >= 4 is 11.8 Å². The Morgan fingerprint density at radius 2 is 1.93 bits per heavy atom. The third-order valence-electron chi connectivity index (χ3n) is 8.95. The smallest absolute Gasteiger partial charge is 0.339 e. The molecule has 0 bridgehead atoms. The van der Waals surface area contributed by atoms with Crippen LogP contribution in [-0.4, -0.2) is 51.2 Å². The molecule has 0 aromatic heterocycles. The second kappa shape index (κ2) is 5.61. The van der Waals surface area contributed by atoms with Crippen LogP contribution < -0.4 is 0 Å². The first kappa shape index (κ1) is 20.3. The Kier molecular flexibility index (Phi) is 3.81. The molecule has 5 rings (SSSR count). The average Bonchev–Trinajstić information content (AvgIpc) is 3.04. The normalized spacial score (nSPS) is 53.4. The minimum Gasteiger partial charge on any atom is -0.479 e. The predicted octanol–water partition coefficient (Wildman–Crippen LogP) is 2.94. The van der Waals surface area contributed by atoms with Crippen LogP contribution in [0, 0.1) is 22.7 Å². The van der Waals surface area contributed by atoms with E-state index in [1.807, 2.05) is 6.92 Å². The van der Waals surface area contributed by atoms with E-state index in [0.717, 1.165) is 0 Å². The molecule has 1 heterocycles. The van der Waals surface area contributed by atoms with Gasteiger partial charge < -0.3 is 19.7 Å². The number of aliphatic carboxylic acids is 1. The number of allylic oxidation sites excluding steroid dienone is 4. The van der Waals surface area contributed by atoms with Crippen molar-refractivity contribution in [3.63, 3.8) is 0 Å². The van der Waals surface area contributed by atoms with Crippen molar-refractivity contribution in [1.29, 1.82) is 0 Å². The van der Waals surface area contributed by atoms with Crippen molar-refractivity contribution in [3.05, 3.63) is 23.8 Å². The Morgan fingerprint density at radius 3 is 2.60 bits per heavy atom. The van der Waals surface area contributed by atoms with Crippen molar-refractivity contribution < 1.29 is 33.7 Å². The molecule has 0 unspecified atom stereocenters. The van der Waals surface area contributed by atoms with E-state index in [-0.39, 0.29) is 18.1 Å². The summed E-state index contributed by atoms with van der Waals surface area (Å²) in [4.78, 5) is 24.5. The first-order chi connectivity index (χ1) is 13.8. The van der Waals surface area contributed by atoms with Gasteiger partial charge in [-0.2, -0.15) is 0 Å². The average molecular weight is 420 g/mol. The second-order valence-corrected chi connectivity index (χ2v) is 10.6. The summed E-state index contributed by atoms with van der Waals surface area (Å²) >= 11 is 0. The molecule has 4 fully saturated rings. The van der Waals surface area contributed by atoms with Gasteiger partial charge in [-0.25, -0.2) is 9.18 Å². The van der Waals surface area contributed by atoms with E-state index in [9.17, 15) is 19.8 Å². The molecule has 1 saturated heterocycles. The monoisotopic (exact) mass is 420 g/mol. The number of hydrogen-bond donors (Lipinski definition) is 2. The molecule has 7 heteroatoms. The molecule has 0 radical (unpaired) electrons. The van der Waals surface area contributed by atoms with Gasteiger partial charge in [0.05, 0.1) is 6.10 Å². The highest BCUT2D eigenvalue weighted by Gasteiger charge is 2.80. The van der Waals surface area contributed by atoms with Crippen LogP contribution in [0.15, 0.2) is 23.8 Å². The van der Waals surface area contributed by atoms with Crippen molar-refractivity contribution in [3.8, 4) is 0 Å². The molecule has 8 atom stereocenters. The molecule has 0 aromatic rings. The number of hydrogen-bond acceptors (Lipinski definition) is 5. The van der Waals surface area contributed by atoms with E-state index < -0.39 is 52.0 Å². The molecule has 0 amide bonds. The summed E-state index contributed by atoms with van der Waals surface area (Å²) in [6, 6.07) is 0. The third-order valence-corrected chi connectivity index (χ3v) is 8.95. The van der Waals surface area contributed by atoms with Crippen LogP contribution in [0.2, 0.25) is 0 Å². The van der Waals surface area contributed by atoms with Gasteiger partial charge in [0.25, 0.3) is 0 Å². The molecule has 0 spiro atoms. The summed E-state index contributed by atoms with van der Waals surface area (Å²) in [5, 5.41) is 21.6. The first-order valence-electron chi connectivity index (χ1n) is 10.7. The quantitative estimate of drug-likeness (QED) is 0.678. The summed E-state index contributed by atoms with van der Waals surface area (Å²) in [5.74, 6) is -3.24. The number of rotatable bonds is 1. The van der Waals surface area contributed by atoms with Crippen LogP contribution in [-0.2, 0) is 19.1 Å². The highest BCUT2D eigenvalue weighted by atomic mass is 19.1. The molecule has 164 valence electrons. The van der Waals surface area contributed by atoms with Gasteiger partial charge >= 0.3 is 5.97 Å². The van der Waals surface area contributed by atoms with Gasteiger partial charge in [0.15, 0.2) is 22.8 Å². The zero-order valence-electron chi connectivity index (χ0n) is 17.8. The van der Waals surface area contributed by atoms with Crippen molar-refractivity contribution in [2.24, 2.45) is 22.7 Å². The summed E-state index contributed by atoms with van der Waals surface area (Å²) in [7, 11) is 0. The highest BCUT2D eigenvalue weighted by molar-refractivity contribution is 6.01. The van der Waals surface area contributed by atoms with Crippen LogP contribution in [0.5, 0.6) is 0 Å². The maximum Gasteiger partial charge on any atom is 0.339 e. The van der Waals surface area contributed by atoms with Gasteiger partial charge in [0.2, 0.25) is 0 Å². The number of alkyl halides is 1. The van der Waals surface area contributed by atoms with Crippen molar-refractivity contribution in [2.75, 3.05) is 0 Å². The molecular formula is C23H29FO6. The molecule has 6 nitrogen and oxygen atoms in total. The molecule has 3 saturated carbocycles. The van der Waals surface area contributed by atoms with E-state index >= 15 is 4.39 Å². The molecule has 30 heavy (non-hydrogen) atoms. The first-order valence-corrected chi connectivity index (χ1v) is 10.7. The largest absolute Gasteiger partial charge is 0.479 e. The lowest BCUT2D eigenvalue weighted by molar-refractivity contribution is -0.251. The summed E-state index contributed by atoms with van der Waals surface area (Å²) in [6.45, 7) is 6.94. The minimum atomic E-state index is -1.99. The fourth-order valence-corrected chi connectivity index (χ4v) is 7.68. The van der Waals surface area contributed by atoms with Crippen LogP contribution in [0.1, 0.15) is 53.4 Å². The lowest BCUT2D eigenvalue weighted by Crippen LogP contribution is -2.69. The number of fused-ring (bicyclic) bond motifs is 7. The topological polar surface area (TPSA) is 93.1 Å². The van der Waals surface area contributed by atoms with E-state index in [4.69, 9.17) is 9.47 Å². The van der Waals surface area contributed by atoms with E-state index in [0.29, 0.717) is 24.8 Å². The lowest BCUT2D eigenvalue weighted by Gasteiger charge is -2.62. The number of aliphatic hydroxyl groups excluding tert-OH is 1. The molecule has 4 aliphatic carbocycles. The number of aliphatic hydroxyl groups is 1. The molecule has 1 aliphatic heterocycles. The van der Waals surface area contributed by atoms with E-state index in [1.165, 1.54) is 12.2 Å². The number of carbonyl (C=O) groups excluding carboxylic acids is 1.